The van der Waals surface area contributed by atoms with Gasteiger partial charge in [-0.2, -0.15) is 0 Å². The number of guanidine groups is 1. The molecule has 1 aromatic rings. The van der Waals surface area contributed by atoms with Crippen LogP contribution in [-0.4, -0.2) is 32.1 Å². The second-order valence-electron chi connectivity index (χ2n) is 4.90. The number of methoxy groups -OCH3 is 2. The smallest absolute Gasteiger partial charge is 0.256 e. The van der Waals surface area contributed by atoms with E-state index in [-0.39, 0.29) is 5.91 Å². The van der Waals surface area contributed by atoms with Crippen molar-refractivity contribution in [3.05, 3.63) is 23.8 Å². The number of carbonyl (C=O) groups is 1. The van der Waals surface area contributed by atoms with Crippen molar-refractivity contribution in [2.24, 2.45) is 4.99 Å². The van der Waals surface area contributed by atoms with Gasteiger partial charge in [0.15, 0.2) is 23.5 Å². The Labute approximate surface area is 117 Å². The first-order valence-corrected chi connectivity index (χ1v) is 6.58. The molecule has 6 nitrogen and oxygen atoms in total. The predicted molar refractivity (Wildman–Crippen MR) is 74.0 cm³/mol. The van der Waals surface area contributed by atoms with Gasteiger partial charge in [-0.25, -0.2) is 4.99 Å². The van der Waals surface area contributed by atoms with E-state index in [0.29, 0.717) is 23.5 Å². The molecule has 2 N–H and O–H groups in total. The summed E-state index contributed by atoms with van der Waals surface area (Å²) in [5, 5.41) is 5.96. The van der Waals surface area contributed by atoms with Gasteiger partial charge in [0.2, 0.25) is 0 Å². The van der Waals surface area contributed by atoms with E-state index in [9.17, 15) is 4.79 Å². The van der Waals surface area contributed by atoms with Crippen molar-refractivity contribution in [1.82, 2.24) is 10.6 Å². The molecule has 0 radical (unpaired) electrons. The highest BCUT2D eigenvalue weighted by atomic mass is 16.5. The van der Waals surface area contributed by atoms with Gasteiger partial charge in [-0.15, -0.1) is 0 Å². The van der Waals surface area contributed by atoms with Gasteiger partial charge in [-0.05, 0) is 30.5 Å². The first-order valence-electron chi connectivity index (χ1n) is 6.58. The normalized spacial score (nSPS) is 21.2. The Morgan fingerprint density at radius 2 is 2.00 bits per heavy atom. The van der Waals surface area contributed by atoms with E-state index in [1.807, 2.05) is 6.07 Å². The van der Waals surface area contributed by atoms with Crippen molar-refractivity contribution in [1.29, 1.82) is 0 Å². The van der Waals surface area contributed by atoms with Crippen LogP contribution in [0.4, 0.5) is 0 Å². The largest absolute Gasteiger partial charge is 0.493 e. The van der Waals surface area contributed by atoms with Gasteiger partial charge in [-0.3, -0.25) is 10.1 Å². The third-order valence-corrected chi connectivity index (χ3v) is 3.39. The summed E-state index contributed by atoms with van der Waals surface area (Å²) in [4.78, 5) is 16.4. The molecule has 3 rings (SSSR count). The van der Waals surface area contributed by atoms with Crippen molar-refractivity contribution in [2.75, 3.05) is 14.2 Å². The minimum atomic E-state index is -0.531. The number of benzene rings is 1. The molecule has 106 valence electrons. The summed E-state index contributed by atoms with van der Waals surface area (Å²) in [5.74, 6) is 1.67. The van der Waals surface area contributed by atoms with Crippen LogP contribution in [0.5, 0.6) is 11.5 Å². The quantitative estimate of drug-likeness (QED) is 0.859. The fraction of sp³-hybridized carbons (Fsp3) is 0.429. The van der Waals surface area contributed by atoms with E-state index >= 15 is 0 Å². The number of nitrogens with zero attached hydrogens (tertiary/aromatic N) is 1. The molecule has 0 spiro atoms. The lowest BCUT2D eigenvalue weighted by molar-refractivity contribution is -0.120. The molecule has 6 heteroatoms. The average molecular weight is 275 g/mol. The summed E-state index contributed by atoms with van der Waals surface area (Å²) in [6.45, 7) is 0. The molecular weight excluding hydrogens is 258 g/mol. The fourth-order valence-corrected chi connectivity index (χ4v) is 2.15. The molecule has 1 fully saturated rings. The maximum absolute atomic E-state index is 12.0. The number of aliphatic imine (C=N–C) groups is 1. The number of hydrogen-bond donors (Lipinski definition) is 2. The SMILES string of the molecule is COc1ccc(C2N=C(NC3CC3)NC2=O)cc1OC. The van der Waals surface area contributed by atoms with Crippen molar-refractivity contribution in [3.8, 4) is 11.5 Å². The lowest BCUT2D eigenvalue weighted by atomic mass is 10.1. The van der Waals surface area contributed by atoms with Crippen LogP contribution in [-0.2, 0) is 4.79 Å². The fourth-order valence-electron chi connectivity index (χ4n) is 2.15. The number of amides is 1. The van der Waals surface area contributed by atoms with Crippen LogP contribution < -0.4 is 20.1 Å². The zero-order valence-corrected chi connectivity index (χ0v) is 11.5. The number of hydrogen-bond acceptors (Lipinski definition) is 5. The van der Waals surface area contributed by atoms with Crippen LogP contribution in [0.1, 0.15) is 24.4 Å². The van der Waals surface area contributed by atoms with Crippen LogP contribution in [0.3, 0.4) is 0 Å². The molecule has 0 saturated heterocycles. The van der Waals surface area contributed by atoms with Crippen LogP contribution in [0.25, 0.3) is 0 Å². The van der Waals surface area contributed by atoms with Gasteiger partial charge in [0.25, 0.3) is 5.91 Å². The van der Waals surface area contributed by atoms with Gasteiger partial charge in [-0.1, -0.05) is 6.07 Å². The zero-order chi connectivity index (χ0) is 14.1. The highest BCUT2D eigenvalue weighted by Gasteiger charge is 2.31. The van der Waals surface area contributed by atoms with Gasteiger partial charge in [0, 0.05) is 6.04 Å². The average Bonchev–Trinajstić information content (AvgIpc) is 3.20. The van der Waals surface area contributed by atoms with Crippen molar-refractivity contribution >= 4 is 11.9 Å². The Morgan fingerprint density at radius 3 is 2.65 bits per heavy atom. The van der Waals surface area contributed by atoms with Crippen molar-refractivity contribution < 1.29 is 14.3 Å². The van der Waals surface area contributed by atoms with E-state index in [0.717, 1.165) is 18.4 Å². The van der Waals surface area contributed by atoms with E-state index in [2.05, 4.69) is 15.6 Å². The topological polar surface area (TPSA) is 72.0 Å². The molecule has 1 atom stereocenters. The van der Waals surface area contributed by atoms with Gasteiger partial charge < -0.3 is 14.8 Å². The summed E-state index contributed by atoms with van der Waals surface area (Å²) in [6, 6.07) is 5.32. The minimum Gasteiger partial charge on any atom is -0.493 e. The Bertz CT molecular complexity index is 567. The molecule has 1 unspecified atom stereocenters. The molecule has 20 heavy (non-hydrogen) atoms. The lowest BCUT2D eigenvalue weighted by Gasteiger charge is -2.10. The molecular formula is C14H17N3O3. The first kappa shape index (κ1) is 12.8. The molecule has 2 aliphatic rings. The number of ether oxygens (including phenoxy) is 2. The predicted octanol–water partition coefficient (Wildman–Crippen LogP) is 0.983. The number of rotatable bonds is 4. The van der Waals surface area contributed by atoms with E-state index < -0.39 is 6.04 Å². The molecule has 1 aliphatic heterocycles. The highest BCUT2D eigenvalue weighted by molar-refractivity contribution is 6.05. The Balaban J connectivity index is 1.84. The molecule has 1 aliphatic carbocycles. The molecule has 1 heterocycles. The molecule has 1 amide bonds. The summed E-state index contributed by atoms with van der Waals surface area (Å²) >= 11 is 0. The maximum Gasteiger partial charge on any atom is 0.256 e. The van der Waals surface area contributed by atoms with E-state index in [1.165, 1.54) is 0 Å². The second kappa shape index (κ2) is 5.03. The lowest BCUT2D eigenvalue weighted by Crippen LogP contribution is -2.37. The van der Waals surface area contributed by atoms with Crippen LogP contribution in [0.2, 0.25) is 0 Å². The monoisotopic (exact) mass is 275 g/mol. The summed E-state index contributed by atoms with van der Waals surface area (Å²) in [7, 11) is 3.15. The molecule has 0 bridgehead atoms. The summed E-state index contributed by atoms with van der Waals surface area (Å²) in [5.41, 5.74) is 0.785. The second-order valence-corrected chi connectivity index (χ2v) is 4.90. The number of carbonyl (C=O) groups excluding carboxylic acids is 1. The Morgan fingerprint density at radius 1 is 1.25 bits per heavy atom. The number of nitrogens with one attached hydrogen (secondary N) is 2. The van der Waals surface area contributed by atoms with Gasteiger partial charge in [0.1, 0.15) is 0 Å². The van der Waals surface area contributed by atoms with Crippen LogP contribution >= 0.6 is 0 Å². The van der Waals surface area contributed by atoms with Gasteiger partial charge in [0.05, 0.1) is 14.2 Å². The van der Waals surface area contributed by atoms with Crippen molar-refractivity contribution in [2.45, 2.75) is 24.9 Å². The molecule has 1 saturated carbocycles. The third-order valence-electron chi connectivity index (χ3n) is 3.39. The first-order chi connectivity index (χ1) is 9.71. The third kappa shape index (κ3) is 2.41. The van der Waals surface area contributed by atoms with Crippen LogP contribution in [0, 0.1) is 0 Å². The Hall–Kier alpha value is -2.24. The zero-order valence-electron chi connectivity index (χ0n) is 11.5. The Kier molecular flexibility index (Phi) is 3.22. The summed E-state index contributed by atoms with van der Waals surface area (Å²) < 4.78 is 10.4. The standard InChI is InChI=1S/C14H17N3O3/c1-19-10-6-3-8(7-11(10)20-2)12-13(18)17-14(16-12)15-9-4-5-9/h3,6-7,9,12H,4-5H2,1-2H3,(H2,15,16,17,18). The minimum absolute atomic E-state index is 0.125. The van der Waals surface area contributed by atoms with Gasteiger partial charge >= 0.3 is 0 Å². The highest BCUT2D eigenvalue weighted by Crippen LogP contribution is 2.32. The molecule has 1 aromatic carbocycles. The van der Waals surface area contributed by atoms with Crippen LogP contribution in [0.15, 0.2) is 23.2 Å². The molecule has 0 aromatic heterocycles. The van der Waals surface area contributed by atoms with E-state index in [4.69, 9.17) is 9.47 Å². The maximum atomic E-state index is 12.0. The van der Waals surface area contributed by atoms with E-state index in [1.54, 1.807) is 26.4 Å². The van der Waals surface area contributed by atoms with Crippen molar-refractivity contribution in [3.63, 3.8) is 0 Å². The summed E-state index contributed by atoms with van der Waals surface area (Å²) in [6.07, 6.45) is 2.27.